The van der Waals surface area contributed by atoms with Gasteiger partial charge in [0, 0.05) is 6.26 Å². The minimum atomic E-state index is -3.00. The number of aliphatic hydroxyl groups excluding tert-OH is 1. The van der Waals surface area contributed by atoms with Gasteiger partial charge in [0.25, 0.3) is 0 Å². The van der Waals surface area contributed by atoms with Gasteiger partial charge in [-0.1, -0.05) is 0 Å². The van der Waals surface area contributed by atoms with Gasteiger partial charge in [-0.05, 0) is 6.92 Å². The molecule has 0 aliphatic rings. The van der Waals surface area contributed by atoms with E-state index in [-0.39, 0.29) is 6.61 Å². The minimum Gasteiger partial charge on any atom is -0.395 e. The van der Waals surface area contributed by atoms with Crippen LogP contribution in [0.1, 0.15) is 6.92 Å². The van der Waals surface area contributed by atoms with Gasteiger partial charge in [-0.3, -0.25) is 0 Å². The topological polar surface area (TPSA) is 54.4 Å². The van der Waals surface area contributed by atoms with E-state index in [0.717, 1.165) is 6.26 Å². The van der Waals surface area contributed by atoms with Crippen molar-refractivity contribution in [3.8, 4) is 0 Å². The van der Waals surface area contributed by atoms with Crippen LogP contribution < -0.4 is 0 Å². The fourth-order valence-electron chi connectivity index (χ4n) is 0.135. The molecule has 8 heavy (non-hydrogen) atoms. The van der Waals surface area contributed by atoms with Gasteiger partial charge in [-0.25, -0.2) is 8.42 Å². The first-order chi connectivity index (χ1) is 3.48. The summed E-state index contributed by atoms with van der Waals surface area (Å²) >= 11 is 0. The van der Waals surface area contributed by atoms with Gasteiger partial charge in [-0.15, -0.1) is 0 Å². The lowest BCUT2D eigenvalue weighted by Crippen LogP contribution is -2.19. The molecule has 0 heterocycles. The highest BCUT2D eigenvalue weighted by Crippen LogP contribution is 1.93. The summed E-state index contributed by atoms with van der Waals surface area (Å²) in [4.78, 5) is 0. The van der Waals surface area contributed by atoms with E-state index in [2.05, 4.69) is 0 Å². The summed E-state index contributed by atoms with van der Waals surface area (Å²) in [5, 5.41) is 7.67. The van der Waals surface area contributed by atoms with E-state index >= 15 is 0 Å². The SMILES string of the molecule is C[C@@H](CO)S(C)(=O)=O. The summed E-state index contributed by atoms with van der Waals surface area (Å²) in [6.07, 6.45) is 1.11. The van der Waals surface area contributed by atoms with E-state index in [1.54, 1.807) is 0 Å². The number of hydrogen-bond acceptors (Lipinski definition) is 3. The van der Waals surface area contributed by atoms with E-state index in [0.29, 0.717) is 0 Å². The molecule has 0 saturated heterocycles. The number of sulfone groups is 1. The Morgan fingerprint density at radius 1 is 1.62 bits per heavy atom. The number of rotatable bonds is 2. The van der Waals surface area contributed by atoms with Gasteiger partial charge in [-0.2, -0.15) is 0 Å². The Hall–Kier alpha value is -0.0900. The molecule has 0 aromatic rings. The summed E-state index contributed by atoms with van der Waals surface area (Å²) in [7, 11) is -3.00. The van der Waals surface area contributed by atoms with Gasteiger partial charge in [0.2, 0.25) is 0 Å². The quantitative estimate of drug-likeness (QED) is 0.555. The maximum atomic E-state index is 10.4. The van der Waals surface area contributed by atoms with E-state index < -0.39 is 15.1 Å². The van der Waals surface area contributed by atoms with Crippen molar-refractivity contribution in [1.29, 1.82) is 0 Å². The molecular formula is C4H10O3S. The molecular weight excluding hydrogens is 128 g/mol. The Kier molecular flexibility index (Phi) is 2.43. The molecule has 0 fully saturated rings. The lowest BCUT2D eigenvalue weighted by atomic mass is 10.5. The average molecular weight is 138 g/mol. The van der Waals surface area contributed by atoms with Crippen molar-refractivity contribution in [2.75, 3.05) is 12.9 Å². The Labute approximate surface area is 49.3 Å². The van der Waals surface area contributed by atoms with Gasteiger partial charge in [0.15, 0.2) is 9.84 Å². The van der Waals surface area contributed by atoms with Crippen molar-refractivity contribution in [2.45, 2.75) is 12.2 Å². The van der Waals surface area contributed by atoms with Crippen LogP contribution in [-0.2, 0) is 9.84 Å². The van der Waals surface area contributed by atoms with Crippen LogP contribution in [0.3, 0.4) is 0 Å². The Bertz CT molecular complexity index is 147. The molecule has 1 atom stereocenters. The zero-order chi connectivity index (χ0) is 6.78. The molecule has 3 nitrogen and oxygen atoms in total. The normalized spacial score (nSPS) is 15.9. The lowest BCUT2D eigenvalue weighted by Gasteiger charge is -2.01. The Morgan fingerprint density at radius 2 is 2.00 bits per heavy atom. The molecule has 4 heteroatoms. The first kappa shape index (κ1) is 7.91. The van der Waals surface area contributed by atoms with E-state index in [1.165, 1.54) is 6.92 Å². The smallest absolute Gasteiger partial charge is 0.152 e. The highest BCUT2D eigenvalue weighted by molar-refractivity contribution is 7.91. The highest BCUT2D eigenvalue weighted by atomic mass is 32.2. The van der Waals surface area contributed by atoms with E-state index in [4.69, 9.17) is 5.11 Å². The maximum absolute atomic E-state index is 10.4. The van der Waals surface area contributed by atoms with Crippen LogP contribution in [0.5, 0.6) is 0 Å². The van der Waals surface area contributed by atoms with Crippen molar-refractivity contribution in [3.63, 3.8) is 0 Å². The van der Waals surface area contributed by atoms with Gasteiger partial charge < -0.3 is 5.11 Å². The summed E-state index contributed by atoms with van der Waals surface area (Å²) in [6.45, 7) is 1.17. The molecule has 0 aliphatic heterocycles. The van der Waals surface area contributed by atoms with Crippen LogP contribution in [0.15, 0.2) is 0 Å². The molecule has 0 spiro atoms. The van der Waals surface area contributed by atoms with Crippen LogP contribution in [0.2, 0.25) is 0 Å². The second-order valence-electron chi connectivity index (χ2n) is 1.82. The summed E-state index contributed by atoms with van der Waals surface area (Å²) < 4.78 is 20.8. The molecule has 50 valence electrons. The summed E-state index contributed by atoms with van der Waals surface area (Å²) in [6, 6.07) is 0. The van der Waals surface area contributed by atoms with Gasteiger partial charge >= 0.3 is 0 Å². The molecule has 0 aromatic heterocycles. The Morgan fingerprint density at radius 3 is 2.00 bits per heavy atom. The van der Waals surface area contributed by atoms with Crippen molar-refractivity contribution in [2.24, 2.45) is 0 Å². The van der Waals surface area contributed by atoms with Crippen LogP contribution in [0.25, 0.3) is 0 Å². The molecule has 0 amide bonds. The zero-order valence-electron chi connectivity index (χ0n) is 4.96. The fraction of sp³-hybridized carbons (Fsp3) is 1.00. The molecule has 0 saturated carbocycles. The second-order valence-corrected chi connectivity index (χ2v) is 4.29. The third kappa shape index (κ3) is 2.28. The standard InChI is InChI=1S/C4H10O3S/c1-4(3-5)8(2,6)7/h4-5H,3H2,1-2H3/t4-/m0/s1. The second kappa shape index (κ2) is 2.46. The van der Waals surface area contributed by atoms with Crippen molar-refractivity contribution in [1.82, 2.24) is 0 Å². The predicted molar refractivity (Wildman–Crippen MR) is 31.4 cm³/mol. The van der Waals surface area contributed by atoms with Crippen LogP contribution >= 0.6 is 0 Å². The molecule has 0 radical (unpaired) electrons. The van der Waals surface area contributed by atoms with Crippen molar-refractivity contribution >= 4 is 9.84 Å². The minimum absolute atomic E-state index is 0.293. The molecule has 0 rings (SSSR count). The summed E-state index contributed by atoms with van der Waals surface area (Å²) in [5.41, 5.74) is 0. The maximum Gasteiger partial charge on any atom is 0.152 e. The largest absolute Gasteiger partial charge is 0.395 e. The van der Waals surface area contributed by atoms with Gasteiger partial charge in [0.1, 0.15) is 0 Å². The third-order valence-electron chi connectivity index (χ3n) is 0.988. The first-order valence-corrected chi connectivity index (χ1v) is 4.23. The predicted octanol–water partition coefficient (Wildman–Crippen LogP) is -0.588. The molecule has 1 N–H and O–H groups in total. The van der Waals surface area contributed by atoms with E-state index in [9.17, 15) is 8.42 Å². The fourth-order valence-corrected chi connectivity index (χ4v) is 0.406. The molecule has 0 bridgehead atoms. The monoisotopic (exact) mass is 138 g/mol. The number of hydrogen-bond donors (Lipinski definition) is 1. The van der Waals surface area contributed by atoms with Crippen LogP contribution in [0, 0.1) is 0 Å². The van der Waals surface area contributed by atoms with E-state index in [1.807, 2.05) is 0 Å². The zero-order valence-corrected chi connectivity index (χ0v) is 5.77. The van der Waals surface area contributed by atoms with Crippen molar-refractivity contribution < 1.29 is 13.5 Å². The third-order valence-corrected chi connectivity index (χ3v) is 2.60. The number of aliphatic hydroxyl groups is 1. The molecule has 0 aromatic carbocycles. The van der Waals surface area contributed by atoms with Crippen molar-refractivity contribution in [3.05, 3.63) is 0 Å². The molecule has 0 aliphatic carbocycles. The van der Waals surface area contributed by atoms with Crippen LogP contribution in [0.4, 0.5) is 0 Å². The lowest BCUT2D eigenvalue weighted by molar-refractivity contribution is 0.296. The van der Waals surface area contributed by atoms with Gasteiger partial charge in [0.05, 0.1) is 11.9 Å². The first-order valence-electron chi connectivity index (χ1n) is 2.28. The highest BCUT2D eigenvalue weighted by Gasteiger charge is 2.11. The Balaban J connectivity index is 4.04. The average Bonchev–Trinajstić information content (AvgIpc) is 1.62. The molecule has 0 unspecified atom stereocenters. The summed E-state index contributed by atoms with van der Waals surface area (Å²) in [5.74, 6) is 0. The van der Waals surface area contributed by atoms with Crippen LogP contribution in [-0.4, -0.2) is 31.6 Å².